The van der Waals surface area contributed by atoms with Crippen LogP contribution in [0.15, 0.2) is 12.7 Å². The molecule has 0 aromatic rings. The molecule has 1 nitrogen and oxygen atoms in total. The van der Waals surface area contributed by atoms with Gasteiger partial charge in [-0.05, 0) is 12.8 Å². The fourth-order valence-corrected chi connectivity index (χ4v) is 5.53. The van der Waals surface area contributed by atoms with Crippen molar-refractivity contribution in [2.75, 3.05) is 11.5 Å². The van der Waals surface area contributed by atoms with Gasteiger partial charge in [0, 0.05) is 32.8 Å². The van der Waals surface area contributed by atoms with Crippen LogP contribution in [0.3, 0.4) is 0 Å². The lowest BCUT2D eigenvalue weighted by molar-refractivity contribution is 0.632. The Morgan fingerprint density at radius 3 is 3.08 bits per heavy atom. The normalized spacial score (nSPS) is 34.4. The van der Waals surface area contributed by atoms with E-state index in [0.29, 0.717) is 10.5 Å². The Balaban J connectivity index is 2.21. The minimum Gasteiger partial charge on any atom is -0.259 e. The Morgan fingerprint density at radius 1 is 1.69 bits per heavy atom. The van der Waals surface area contributed by atoms with Gasteiger partial charge in [0.1, 0.15) is 0 Å². The van der Waals surface area contributed by atoms with Gasteiger partial charge in [0.25, 0.3) is 0 Å². The number of hydrogen-bond donors (Lipinski definition) is 0. The van der Waals surface area contributed by atoms with Crippen LogP contribution < -0.4 is 0 Å². The van der Waals surface area contributed by atoms with Crippen LogP contribution in [-0.2, 0) is 10.8 Å². The summed E-state index contributed by atoms with van der Waals surface area (Å²) >= 11 is 0. The predicted molar refractivity (Wildman–Crippen MR) is 65.7 cm³/mol. The van der Waals surface area contributed by atoms with E-state index in [1.54, 1.807) is 0 Å². The van der Waals surface area contributed by atoms with Gasteiger partial charge in [-0.15, -0.1) is 6.58 Å². The van der Waals surface area contributed by atoms with Crippen LogP contribution in [0.4, 0.5) is 0 Å². The summed E-state index contributed by atoms with van der Waals surface area (Å²) in [4.78, 5) is 0. The second-order valence-electron chi connectivity index (χ2n) is 3.21. The van der Waals surface area contributed by atoms with Crippen LogP contribution in [0.5, 0.6) is 0 Å². The Morgan fingerprint density at radius 2 is 2.46 bits per heavy atom. The van der Waals surface area contributed by atoms with Crippen LogP contribution in [0.2, 0.25) is 0 Å². The van der Waals surface area contributed by atoms with Gasteiger partial charge in [0.2, 0.25) is 0 Å². The largest absolute Gasteiger partial charge is 0.259 e. The molecule has 1 saturated heterocycles. The van der Waals surface area contributed by atoms with Gasteiger partial charge >= 0.3 is 0 Å². The molecule has 76 valence electrons. The Hall–Kier alpha value is 0.590. The van der Waals surface area contributed by atoms with E-state index in [2.05, 4.69) is 13.5 Å². The van der Waals surface area contributed by atoms with Gasteiger partial charge in [-0.2, -0.15) is 0 Å². The molecule has 0 amide bonds. The molecule has 1 heterocycles. The lowest BCUT2D eigenvalue weighted by atomic mass is 10.2. The average molecular weight is 236 g/mol. The topological polar surface area (TPSA) is 17.1 Å². The van der Waals surface area contributed by atoms with Crippen LogP contribution >= 0.6 is 21.6 Å². The lowest BCUT2D eigenvalue weighted by Gasteiger charge is -2.25. The van der Waals surface area contributed by atoms with E-state index in [-0.39, 0.29) is 0 Å². The molecule has 0 N–H and O–H groups in total. The quantitative estimate of drug-likeness (QED) is 0.424. The summed E-state index contributed by atoms with van der Waals surface area (Å²) in [6.07, 6.45) is 4.16. The summed E-state index contributed by atoms with van der Waals surface area (Å²) in [5.41, 5.74) is 0. The molecule has 1 fully saturated rings. The van der Waals surface area contributed by atoms with E-state index >= 15 is 0 Å². The van der Waals surface area contributed by atoms with E-state index in [4.69, 9.17) is 0 Å². The van der Waals surface area contributed by atoms with Crippen LogP contribution in [-0.4, -0.2) is 26.2 Å². The third-order valence-corrected chi connectivity index (χ3v) is 6.64. The maximum atomic E-state index is 11.3. The van der Waals surface area contributed by atoms with Gasteiger partial charge in [-0.1, -0.05) is 34.6 Å². The Labute approximate surface area is 91.0 Å². The third kappa shape index (κ3) is 4.09. The first-order valence-corrected chi connectivity index (χ1v) is 8.26. The molecular formula is C9H16OS3. The van der Waals surface area contributed by atoms with Crippen molar-refractivity contribution in [3.05, 3.63) is 12.7 Å². The minimum atomic E-state index is -0.556. The van der Waals surface area contributed by atoms with E-state index in [1.807, 2.05) is 27.7 Å². The number of rotatable bonds is 4. The van der Waals surface area contributed by atoms with Crippen molar-refractivity contribution in [2.24, 2.45) is 0 Å². The Bertz CT molecular complexity index is 193. The van der Waals surface area contributed by atoms with Crippen molar-refractivity contribution in [1.29, 1.82) is 0 Å². The van der Waals surface area contributed by atoms with Crippen LogP contribution in [0, 0.1) is 0 Å². The highest BCUT2D eigenvalue weighted by Crippen LogP contribution is 2.34. The highest BCUT2D eigenvalue weighted by molar-refractivity contribution is 8.77. The van der Waals surface area contributed by atoms with Crippen molar-refractivity contribution in [1.82, 2.24) is 0 Å². The molecule has 0 aliphatic carbocycles. The molecule has 0 spiro atoms. The predicted octanol–water partition coefficient (Wildman–Crippen LogP) is 2.85. The fourth-order valence-electron chi connectivity index (χ4n) is 1.32. The molecule has 0 saturated carbocycles. The molecule has 3 atom stereocenters. The minimum absolute atomic E-state index is 0.399. The molecule has 3 unspecified atom stereocenters. The van der Waals surface area contributed by atoms with Gasteiger partial charge < -0.3 is 0 Å². The summed E-state index contributed by atoms with van der Waals surface area (Å²) in [5.74, 6) is 1.91. The summed E-state index contributed by atoms with van der Waals surface area (Å²) < 4.78 is 11.3. The molecule has 0 aromatic heterocycles. The molecule has 1 rings (SSSR count). The molecule has 0 bridgehead atoms. The molecule has 13 heavy (non-hydrogen) atoms. The van der Waals surface area contributed by atoms with E-state index in [1.165, 1.54) is 0 Å². The van der Waals surface area contributed by atoms with E-state index in [0.717, 1.165) is 24.3 Å². The van der Waals surface area contributed by atoms with Crippen LogP contribution in [0.25, 0.3) is 0 Å². The molecule has 0 aromatic carbocycles. The van der Waals surface area contributed by atoms with Gasteiger partial charge in [0.15, 0.2) is 0 Å². The average Bonchev–Trinajstić information content (AvgIpc) is 2.12. The maximum Gasteiger partial charge on any atom is 0.0330 e. The molecule has 1 aliphatic heterocycles. The van der Waals surface area contributed by atoms with Crippen LogP contribution in [0.1, 0.15) is 19.8 Å². The van der Waals surface area contributed by atoms with Crippen molar-refractivity contribution >= 4 is 32.4 Å². The monoisotopic (exact) mass is 236 g/mol. The van der Waals surface area contributed by atoms with E-state index < -0.39 is 10.8 Å². The van der Waals surface area contributed by atoms with E-state index in [9.17, 15) is 4.21 Å². The SMILES string of the molecule is C=CCSSC1CCS(=O)C(C)C1. The molecule has 4 heteroatoms. The zero-order valence-corrected chi connectivity index (χ0v) is 10.4. The maximum absolute atomic E-state index is 11.3. The van der Waals surface area contributed by atoms with Gasteiger partial charge in [-0.3, -0.25) is 4.21 Å². The van der Waals surface area contributed by atoms with Crippen molar-refractivity contribution in [3.63, 3.8) is 0 Å². The van der Waals surface area contributed by atoms with Crippen molar-refractivity contribution in [2.45, 2.75) is 30.3 Å². The highest BCUT2D eigenvalue weighted by atomic mass is 33.1. The molecule has 0 radical (unpaired) electrons. The summed E-state index contributed by atoms with van der Waals surface area (Å²) in [6, 6.07) is 0. The zero-order valence-electron chi connectivity index (χ0n) is 7.90. The first-order valence-electron chi connectivity index (χ1n) is 4.50. The first kappa shape index (κ1) is 11.7. The highest BCUT2D eigenvalue weighted by Gasteiger charge is 2.24. The van der Waals surface area contributed by atoms with Crippen molar-refractivity contribution in [3.8, 4) is 0 Å². The smallest absolute Gasteiger partial charge is 0.0330 e. The van der Waals surface area contributed by atoms with Crippen molar-refractivity contribution < 1.29 is 4.21 Å². The third-order valence-electron chi connectivity index (χ3n) is 2.07. The Kier molecular flexibility index (Phi) is 5.51. The summed E-state index contributed by atoms with van der Waals surface area (Å²) in [7, 11) is 3.25. The lowest BCUT2D eigenvalue weighted by Crippen LogP contribution is -2.27. The second-order valence-corrected chi connectivity index (χ2v) is 7.90. The summed E-state index contributed by atoms with van der Waals surface area (Å²) in [5, 5.41) is 1.10. The van der Waals surface area contributed by atoms with Gasteiger partial charge in [0.05, 0.1) is 0 Å². The zero-order chi connectivity index (χ0) is 9.68. The molecular weight excluding hydrogens is 220 g/mol. The molecule has 1 aliphatic rings. The fraction of sp³-hybridized carbons (Fsp3) is 0.778. The standard InChI is InChI=1S/C9H16OS3/c1-3-5-11-12-9-4-6-13(10)8(2)7-9/h3,8-9H,1,4-7H2,2H3. The van der Waals surface area contributed by atoms with Gasteiger partial charge in [-0.25, -0.2) is 0 Å². The second kappa shape index (κ2) is 6.14. The first-order chi connectivity index (χ1) is 6.24. The summed E-state index contributed by atoms with van der Waals surface area (Å²) in [6.45, 7) is 5.79. The number of hydrogen-bond acceptors (Lipinski definition) is 3.